The first-order valence-electron chi connectivity index (χ1n) is 9.63. The molecule has 0 unspecified atom stereocenters. The minimum atomic E-state index is -0.702. The van der Waals surface area contributed by atoms with Gasteiger partial charge in [0.05, 0.1) is 33.9 Å². The van der Waals surface area contributed by atoms with Gasteiger partial charge in [-0.2, -0.15) is 5.10 Å². The highest BCUT2D eigenvalue weighted by Crippen LogP contribution is 2.29. The summed E-state index contributed by atoms with van der Waals surface area (Å²) in [5.41, 5.74) is 3.60. The van der Waals surface area contributed by atoms with E-state index in [1.807, 2.05) is 0 Å². The minimum Gasteiger partial charge on any atom is -0.493 e. The van der Waals surface area contributed by atoms with Crippen LogP contribution in [0.15, 0.2) is 59.7 Å². The number of aryl methyl sites for hydroxylation is 1. The lowest BCUT2D eigenvalue weighted by Crippen LogP contribution is -2.17. The van der Waals surface area contributed by atoms with Gasteiger partial charge in [0.25, 0.3) is 11.6 Å². The van der Waals surface area contributed by atoms with Crippen LogP contribution >= 0.6 is 23.2 Å². The van der Waals surface area contributed by atoms with E-state index >= 15 is 0 Å². The third-order valence-corrected chi connectivity index (χ3v) is 5.32. The Morgan fingerprint density at radius 1 is 1.00 bits per heavy atom. The number of nitrogens with zero attached hydrogens (tertiary/aromatic N) is 2. The summed E-state index contributed by atoms with van der Waals surface area (Å²) in [6.45, 7) is 1.53. The van der Waals surface area contributed by atoms with E-state index in [1.54, 1.807) is 12.1 Å². The predicted molar refractivity (Wildman–Crippen MR) is 127 cm³/mol. The summed E-state index contributed by atoms with van der Waals surface area (Å²) in [4.78, 5) is 35.1. The van der Waals surface area contributed by atoms with E-state index in [1.165, 1.54) is 62.7 Å². The maximum absolute atomic E-state index is 12.5. The number of amides is 1. The van der Waals surface area contributed by atoms with Gasteiger partial charge in [0.1, 0.15) is 0 Å². The van der Waals surface area contributed by atoms with Crippen molar-refractivity contribution in [1.29, 1.82) is 0 Å². The molecule has 34 heavy (non-hydrogen) atoms. The number of esters is 1. The lowest BCUT2D eigenvalue weighted by Gasteiger charge is -2.10. The number of hydrazone groups is 1. The quantitative estimate of drug-likeness (QED) is 0.156. The molecule has 1 N–H and O–H groups in total. The third kappa shape index (κ3) is 5.89. The molecule has 11 heteroatoms. The van der Waals surface area contributed by atoms with E-state index in [9.17, 15) is 19.7 Å². The number of nitrogens with one attached hydrogen (secondary N) is 1. The first-order valence-corrected chi connectivity index (χ1v) is 10.4. The SMILES string of the molecule is COc1cc(/C=N/NC(=O)c2ccc(Cl)c(Cl)c2)ccc1OC(=O)c1ccc([N+](=O)[O-])c(C)c1. The molecule has 174 valence electrons. The van der Waals surface area contributed by atoms with Gasteiger partial charge in [-0.3, -0.25) is 14.9 Å². The van der Waals surface area contributed by atoms with Crippen molar-refractivity contribution in [2.45, 2.75) is 6.92 Å². The molecule has 0 aliphatic heterocycles. The summed E-state index contributed by atoms with van der Waals surface area (Å²) in [6, 6.07) is 13.0. The van der Waals surface area contributed by atoms with Gasteiger partial charge in [0.15, 0.2) is 11.5 Å². The number of hydrogen-bond acceptors (Lipinski definition) is 7. The fourth-order valence-electron chi connectivity index (χ4n) is 2.86. The number of nitro groups is 1. The van der Waals surface area contributed by atoms with E-state index in [0.29, 0.717) is 16.1 Å². The fourth-order valence-corrected chi connectivity index (χ4v) is 3.16. The molecule has 3 aromatic carbocycles. The van der Waals surface area contributed by atoms with E-state index in [4.69, 9.17) is 32.7 Å². The van der Waals surface area contributed by atoms with Crippen LogP contribution in [-0.2, 0) is 0 Å². The second kappa shape index (κ2) is 10.8. The minimum absolute atomic E-state index is 0.0935. The molecule has 0 saturated carbocycles. The molecular weight excluding hydrogens is 485 g/mol. The van der Waals surface area contributed by atoms with Crippen molar-refractivity contribution < 1.29 is 24.0 Å². The van der Waals surface area contributed by atoms with Crippen molar-refractivity contribution in [2.24, 2.45) is 5.10 Å². The van der Waals surface area contributed by atoms with Gasteiger partial charge >= 0.3 is 5.97 Å². The average molecular weight is 502 g/mol. The van der Waals surface area contributed by atoms with Crippen LogP contribution in [0.2, 0.25) is 10.0 Å². The van der Waals surface area contributed by atoms with Gasteiger partial charge in [0.2, 0.25) is 0 Å². The van der Waals surface area contributed by atoms with E-state index in [-0.39, 0.29) is 33.3 Å². The largest absolute Gasteiger partial charge is 0.493 e. The standard InChI is InChI=1S/C23H17Cl2N3O6/c1-13-9-16(5-7-19(13)28(31)32)23(30)34-20-8-3-14(10-21(20)33-2)12-26-27-22(29)15-4-6-17(24)18(25)11-15/h3-12H,1-2H3,(H,27,29)/b26-12+. The first-order chi connectivity index (χ1) is 16.2. The molecule has 0 bridgehead atoms. The lowest BCUT2D eigenvalue weighted by molar-refractivity contribution is -0.385. The predicted octanol–water partition coefficient (Wildman–Crippen LogP) is 5.20. The fraction of sp³-hybridized carbons (Fsp3) is 0.0870. The monoisotopic (exact) mass is 501 g/mol. The number of benzene rings is 3. The van der Waals surface area contributed by atoms with Gasteiger partial charge < -0.3 is 9.47 Å². The third-order valence-electron chi connectivity index (χ3n) is 4.58. The number of ether oxygens (including phenoxy) is 2. The molecule has 3 rings (SSSR count). The number of carbonyl (C=O) groups excluding carboxylic acids is 2. The summed E-state index contributed by atoms with van der Waals surface area (Å²) in [5, 5.41) is 15.4. The van der Waals surface area contributed by atoms with Gasteiger partial charge in [-0.05, 0) is 61.0 Å². The van der Waals surface area contributed by atoms with E-state index < -0.39 is 16.8 Å². The summed E-state index contributed by atoms with van der Waals surface area (Å²) in [6.07, 6.45) is 1.38. The maximum Gasteiger partial charge on any atom is 0.343 e. The molecule has 0 aromatic heterocycles. The first kappa shape index (κ1) is 24.7. The molecule has 1 amide bonds. The maximum atomic E-state index is 12.5. The summed E-state index contributed by atoms with van der Waals surface area (Å²) in [5.74, 6) is -0.801. The normalized spacial score (nSPS) is 10.7. The Hall–Kier alpha value is -3.95. The van der Waals surface area contributed by atoms with Crippen LogP contribution in [0.3, 0.4) is 0 Å². The number of nitro benzene ring substituents is 1. The van der Waals surface area contributed by atoms with E-state index in [0.717, 1.165) is 0 Å². The number of methoxy groups -OCH3 is 1. The highest BCUT2D eigenvalue weighted by molar-refractivity contribution is 6.42. The Labute approximate surface area is 204 Å². The Morgan fingerprint density at radius 3 is 2.38 bits per heavy atom. The van der Waals surface area contributed by atoms with Crippen LogP contribution in [0.5, 0.6) is 11.5 Å². The van der Waals surface area contributed by atoms with Gasteiger partial charge in [0, 0.05) is 17.2 Å². The molecule has 0 atom stereocenters. The summed E-state index contributed by atoms with van der Waals surface area (Å²) >= 11 is 11.8. The van der Waals surface area contributed by atoms with Crippen molar-refractivity contribution in [1.82, 2.24) is 5.43 Å². The van der Waals surface area contributed by atoms with E-state index in [2.05, 4.69) is 10.5 Å². The highest BCUT2D eigenvalue weighted by atomic mass is 35.5. The van der Waals surface area contributed by atoms with Gasteiger partial charge in [-0.1, -0.05) is 23.2 Å². The summed E-state index contributed by atoms with van der Waals surface area (Å²) in [7, 11) is 1.40. The summed E-state index contributed by atoms with van der Waals surface area (Å²) < 4.78 is 10.7. The highest BCUT2D eigenvalue weighted by Gasteiger charge is 2.17. The van der Waals surface area contributed by atoms with Crippen molar-refractivity contribution in [3.05, 3.63) is 97.0 Å². The van der Waals surface area contributed by atoms with Crippen LogP contribution in [0.1, 0.15) is 31.8 Å². The molecule has 0 spiro atoms. The number of carbonyl (C=O) groups is 2. The number of halogens is 2. The van der Waals surface area contributed by atoms with Crippen LogP contribution in [0.25, 0.3) is 0 Å². The molecule has 0 saturated heterocycles. The Balaban J connectivity index is 1.69. The molecule has 9 nitrogen and oxygen atoms in total. The zero-order valence-corrected chi connectivity index (χ0v) is 19.4. The van der Waals surface area contributed by atoms with Crippen molar-refractivity contribution >= 4 is 47.0 Å². The Morgan fingerprint density at radius 2 is 1.74 bits per heavy atom. The molecule has 0 radical (unpaired) electrons. The Kier molecular flexibility index (Phi) is 7.83. The number of rotatable bonds is 7. The molecule has 0 aliphatic carbocycles. The topological polar surface area (TPSA) is 120 Å². The lowest BCUT2D eigenvalue weighted by atomic mass is 10.1. The van der Waals surface area contributed by atoms with Gasteiger partial charge in [-0.15, -0.1) is 0 Å². The van der Waals surface area contributed by atoms with Crippen molar-refractivity contribution in [2.75, 3.05) is 7.11 Å². The Bertz CT molecular complexity index is 1310. The zero-order valence-electron chi connectivity index (χ0n) is 17.9. The second-order valence-electron chi connectivity index (χ2n) is 6.89. The smallest absolute Gasteiger partial charge is 0.343 e. The average Bonchev–Trinajstić information content (AvgIpc) is 2.81. The van der Waals surface area contributed by atoms with Gasteiger partial charge in [-0.25, -0.2) is 10.2 Å². The molecule has 0 aliphatic rings. The molecular formula is C23H17Cl2N3O6. The van der Waals surface area contributed by atoms with Crippen LogP contribution in [0, 0.1) is 17.0 Å². The van der Waals surface area contributed by atoms with Crippen molar-refractivity contribution in [3.8, 4) is 11.5 Å². The van der Waals surface area contributed by atoms with Crippen LogP contribution in [0.4, 0.5) is 5.69 Å². The zero-order chi connectivity index (χ0) is 24.8. The molecule has 0 heterocycles. The number of hydrogen-bond donors (Lipinski definition) is 1. The molecule has 3 aromatic rings. The second-order valence-corrected chi connectivity index (χ2v) is 7.70. The van der Waals surface area contributed by atoms with Crippen LogP contribution < -0.4 is 14.9 Å². The van der Waals surface area contributed by atoms with Crippen LogP contribution in [-0.4, -0.2) is 30.1 Å². The van der Waals surface area contributed by atoms with Crippen molar-refractivity contribution in [3.63, 3.8) is 0 Å². The molecule has 0 fully saturated rings.